The van der Waals surface area contributed by atoms with E-state index in [0.29, 0.717) is 37.3 Å². The van der Waals surface area contributed by atoms with Crippen LogP contribution in [0.15, 0.2) is 57.8 Å². The molecule has 32 heavy (non-hydrogen) atoms. The van der Waals surface area contributed by atoms with Gasteiger partial charge >= 0.3 is 0 Å². The Hall–Kier alpha value is -2.78. The molecular formula is C23H24N4O3S2. The summed E-state index contributed by atoms with van der Waals surface area (Å²) in [6.45, 7) is 3.21. The van der Waals surface area contributed by atoms with Gasteiger partial charge in [-0.25, -0.2) is 4.98 Å². The summed E-state index contributed by atoms with van der Waals surface area (Å²) in [6.07, 6.45) is 1.33. The van der Waals surface area contributed by atoms with Crippen molar-refractivity contribution in [1.29, 1.82) is 0 Å². The van der Waals surface area contributed by atoms with Crippen molar-refractivity contribution in [1.82, 2.24) is 14.8 Å². The van der Waals surface area contributed by atoms with Gasteiger partial charge < -0.3 is 9.80 Å². The van der Waals surface area contributed by atoms with Crippen LogP contribution >= 0.6 is 11.3 Å². The fraction of sp³-hybridized carbons (Fsp3) is 0.348. The molecule has 166 valence electrons. The first-order valence-electron chi connectivity index (χ1n) is 10.7. The molecule has 0 bridgehead atoms. The van der Waals surface area contributed by atoms with Crippen LogP contribution in [-0.2, 0) is 14.8 Å². The highest BCUT2D eigenvalue weighted by atomic mass is 32.2. The number of carbonyl (C=O) groups is 1. The van der Waals surface area contributed by atoms with Gasteiger partial charge in [-0.05, 0) is 44.0 Å². The van der Waals surface area contributed by atoms with Crippen LogP contribution in [0, 0.1) is 5.92 Å². The number of benzene rings is 2. The summed E-state index contributed by atoms with van der Waals surface area (Å²) in [5, 5.41) is 0.932. The Labute approximate surface area is 191 Å². The maximum Gasteiger partial charge on any atom is 0.285 e. The quantitative estimate of drug-likeness (QED) is 0.586. The number of nitrogens with zero attached hydrogens (tertiary/aromatic N) is 4. The lowest BCUT2D eigenvalue weighted by Gasteiger charge is -2.35. The second kappa shape index (κ2) is 7.97. The van der Waals surface area contributed by atoms with Crippen molar-refractivity contribution in [2.45, 2.75) is 30.7 Å². The van der Waals surface area contributed by atoms with Crippen molar-refractivity contribution in [3.8, 4) is 0 Å². The van der Waals surface area contributed by atoms with E-state index in [4.69, 9.17) is 4.98 Å². The molecule has 7 nitrogen and oxygen atoms in total. The van der Waals surface area contributed by atoms with Gasteiger partial charge in [-0.1, -0.05) is 24.3 Å². The summed E-state index contributed by atoms with van der Waals surface area (Å²) < 4.78 is 29.9. The van der Waals surface area contributed by atoms with Gasteiger partial charge in [0.05, 0.1) is 16.3 Å². The monoisotopic (exact) mass is 468 g/mol. The molecule has 0 unspecified atom stereocenters. The number of thiazole rings is 1. The third-order valence-corrected chi connectivity index (χ3v) is 8.88. The van der Waals surface area contributed by atoms with E-state index in [0.717, 1.165) is 15.2 Å². The summed E-state index contributed by atoms with van der Waals surface area (Å²) in [6, 6.07) is 14.8. The topological polar surface area (TPSA) is 82.9 Å². The Bertz CT molecular complexity index is 1290. The van der Waals surface area contributed by atoms with Crippen molar-refractivity contribution in [3.63, 3.8) is 0 Å². The van der Waals surface area contributed by atoms with Gasteiger partial charge in [0.15, 0.2) is 5.84 Å². The molecular weight excluding hydrogens is 444 g/mol. The highest BCUT2D eigenvalue weighted by molar-refractivity contribution is 7.90. The van der Waals surface area contributed by atoms with E-state index in [1.807, 2.05) is 49.2 Å². The third-order valence-electron chi connectivity index (χ3n) is 6.35. The second-order valence-corrected chi connectivity index (χ2v) is 10.9. The lowest BCUT2D eigenvalue weighted by molar-refractivity contribution is -0.137. The lowest BCUT2D eigenvalue weighted by Crippen LogP contribution is -2.44. The molecule has 1 aromatic heterocycles. The summed E-state index contributed by atoms with van der Waals surface area (Å²) in [4.78, 5) is 22.0. The second-order valence-electron chi connectivity index (χ2n) is 8.29. The smallest absolute Gasteiger partial charge is 0.285 e. The standard InChI is InChI=1S/C23H24N4O3S2/c1-15(22-24-18-8-4-5-9-19(18)31-22)26(2)23(28)16-11-13-27(14-12-16)21-17-7-3-6-10-20(17)32(29,30)25-21/h3-10,15-16H,11-14H2,1-2H3/t15-/m1/s1. The van der Waals surface area contributed by atoms with Crippen molar-refractivity contribution >= 4 is 43.3 Å². The molecule has 3 aromatic rings. The predicted octanol–water partition coefficient (Wildman–Crippen LogP) is 3.68. The molecule has 9 heteroatoms. The van der Waals surface area contributed by atoms with E-state index in [-0.39, 0.29) is 22.8 Å². The van der Waals surface area contributed by atoms with E-state index < -0.39 is 10.0 Å². The van der Waals surface area contributed by atoms with Gasteiger partial charge in [-0.2, -0.15) is 8.42 Å². The zero-order chi connectivity index (χ0) is 22.5. The van der Waals surface area contributed by atoms with Crippen molar-refractivity contribution in [2.75, 3.05) is 20.1 Å². The van der Waals surface area contributed by atoms with Crippen LogP contribution in [0.1, 0.15) is 36.4 Å². The minimum Gasteiger partial charge on any atom is -0.355 e. The zero-order valence-corrected chi connectivity index (χ0v) is 19.6. The highest BCUT2D eigenvalue weighted by Gasteiger charge is 2.35. The maximum absolute atomic E-state index is 13.2. The molecule has 1 fully saturated rings. The van der Waals surface area contributed by atoms with Crippen molar-refractivity contribution < 1.29 is 13.2 Å². The summed E-state index contributed by atoms with van der Waals surface area (Å²) >= 11 is 1.62. The predicted molar refractivity (Wildman–Crippen MR) is 125 cm³/mol. The number of amides is 1. The van der Waals surface area contributed by atoms with E-state index in [1.54, 1.807) is 34.4 Å². The third kappa shape index (κ3) is 3.59. The Morgan fingerprint density at radius 3 is 2.56 bits per heavy atom. The molecule has 2 aromatic carbocycles. The Morgan fingerprint density at radius 2 is 1.81 bits per heavy atom. The highest BCUT2D eigenvalue weighted by Crippen LogP contribution is 2.32. The molecule has 1 atom stereocenters. The Kier molecular flexibility index (Phi) is 5.25. The number of sulfonamides is 1. The number of piperidine rings is 1. The molecule has 1 saturated heterocycles. The minimum absolute atomic E-state index is 0.0954. The van der Waals surface area contributed by atoms with Crippen LogP contribution in [0.5, 0.6) is 0 Å². The van der Waals surface area contributed by atoms with Gasteiger partial charge in [-0.15, -0.1) is 15.7 Å². The number of hydrogen-bond acceptors (Lipinski definition) is 6. The fourth-order valence-electron chi connectivity index (χ4n) is 4.37. The molecule has 5 rings (SSSR count). The van der Waals surface area contributed by atoms with Crippen LogP contribution < -0.4 is 0 Å². The number of aromatic nitrogens is 1. The number of fused-ring (bicyclic) bond motifs is 2. The molecule has 0 spiro atoms. The lowest BCUT2D eigenvalue weighted by atomic mass is 9.94. The Morgan fingerprint density at radius 1 is 1.12 bits per heavy atom. The average Bonchev–Trinajstić information content (AvgIpc) is 3.37. The normalized spacial score (nSPS) is 18.9. The summed E-state index contributed by atoms with van der Waals surface area (Å²) in [5.74, 6) is 0.516. The number of para-hydroxylation sites is 1. The Balaban J connectivity index is 1.26. The molecule has 1 amide bonds. The van der Waals surface area contributed by atoms with Gasteiger partial charge in [0.1, 0.15) is 9.90 Å². The summed E-state index contributed by atoms with van der Waals surface area (Å²) in [7, 11) is -1.79. The number of amidine groups is 1. The van der Waals surface area contributed by atoms with E-state index >= 15 is 0 Å². The molecule has 2 aliphatic heterocycles. The first-order valence-corrected chi connectivity index (χ1v) is 12.9. The van der Waals surface area contributed by atoms with Crippen molar-refractivity contribution in [3.05, 3.63) is 59.1 Å². The van der Waals surface area contributed by atoms with E-state index in [2.05, 4.69) is 4.40 Å². The molecule has 2 aliphatic rings. The number of carbonyl (C=O) groups excluding carboxylic acids is 1. The fourth-order valence-corrected chi connectivity index (χ4v) is 6.66. The number of rotatable bonds is 3. The van der Waals surface area contributed by atoms with Crippen LogP contribution in [0.2, 0.25) is 0 Å². The van der Waals surface area contributed by atoms with Gasteiger partial charge in [0, 0.05) is 31.6 Å². The first kappa shape index (κ1) is 21.1. The molecule has 3 heterocycles. The van der Waals surface area contributed by atoms with Crippen LogP contribution in [0.4, 0.5) is 0 Å². The molecule has 0 aliphatic carbocycles. The number of likely N-dealkylation sites (tertiary alicyclic amines) is 1. The maximum atomic E-state index is 13.2. The average molecular weight is 469 g/mol. The SMILES string of the molecule is C[C@H](c1nc2ccccc2s1)N(C)C(=O)C1CCN(C2=NS(=O)(=O)c3ccccc32)CC1. The first-order chi connectivity index (χ1) is 15.3. The van der Waals surface area contributed by atoms with Crippen LogP contribution in [0.25, 0.3) is 10.2 Å². The molecule has 0 saturated carbocycles. The van der Waals surface area contributed by atoms with E-state index in [1.165, 1.54) is 0 Å². The molecule has 0 radical (unpaired) electrons. The van der Waals surface area contributed by atoms with Crippen LogP contribution in [-0.4, -0.2) is 55.1 Å². The van der Waals surface area contributed by atoms with Crippen LogP contribution in [0.3, 0.4) is 0 Å². The zero-order valence-electron chi connectivity index (χ0n) is 17.9. The van der Waals surface area contributed by atoms with Gasteiger partial charge in [0.25, 0.3) is 10.0 Å². The number of hydrogen-bond donors (Lipinski definition) is 0. The van der Waals surface area contributed by atoms with E-state index in [9.17, 15) is 13.2 Å². The summed E-state index contributed by atoms with van der Waals surface area (Å²) in [5.41, 5.74) is 1.61. The molecule has 0 N–H and O–H groups in total. The van der Waals surface area contributed by atoms with Gasteiger partial charge in [-0.3, -0.25) is 4.79 Å². The van der Waals surface area contributed by atoms with Gasteiger partial charge in [0.2, 0.25) is 5.91 Å². The largest absolute Gasteiger partial charge is 0.355 e. The van der Waals surface area contributed by atoms with Crippen molar-refractivity contribution in [2.24, 2.45) is 10.3 Å². The minimum atomic E-state index is -3.64.